The van der Waals surface area contributed by atoms with E-state index < -0.39 is 20.0 Å². The molecule has 0 aliphatic rings. The van der Waals surface area contributed by atoms with Gasteiger partial charge in [-0.25, -0.2) is 24.3 Å². The monoisotopic (exact) mass is 684 g/mol. The Kier molecular flexibility index (Phi) is 14.6. The average Bonchev–Trinajstić information content (AvgIpc) is 2.88. The van der Waals surface area contributed by atoms with Gasteiger partial charge >= 0.3 is 0 Å². The van der Waals surface area contributed by atoms with Crippen molar-refractivity contribution in [1.82, 2.24) is 16.9 Å². The molecule has 39 heavy (non-hydrogen) atoms. The van der Waals surface area contributed by atoms with Crippen LogP contribution in [-0.4, -0.2) is 57.5 Å². The standard InChI is InChI=1S/C23H32N4O4S8/c1-5-34-26(35-6-2)22(32)24-38(28,29)20-13-9-18(10-14-20)17-19-11-15-21(16-12-19)39(30,31)25-23(33)27(36-7-3)37-8-4/h9-16H,5-8,17H2,1-4H3,(H,24,32)(H,25,33). The highest BCUT2D eigenvalue weighted by molar-refractivity contribution is 8.14. The second-order valence-electron chi connectivity index (χ2n) is 7.47. The maximum Gasteiger partial charge on any atom is 0.263 e. The summed E-state index contributed by atoms with van der Waals surface area (Å²) in [6.07, 6.45) is 0.500. The summed E-state index contributed by atoms with van der Waals surface area (Å²) in [6.45, 7) is 7.87. The van der Waals surface area contributed by atoms with Gasteiger partial charge in [0.15, 0.2) is 0 Å². The zero-order chi connectivity index (χ0) is 29.1. The summed E-state index contributed by atoms with van der Waals surface area (Å²) in [7, 11) is -7.65. The molecular formula is C23H32N4O4S8. The number of nitrogens with one attached hydrogen (secondary N) is 2. The fourth-order valence-electron chi connectivity index (χ4n) is 3.01. The number of hydrogen-bond acceptors (Lipinski definition) is 10. The Morgan fingerprint density at radius 2 is 0.897 bits per heavy atom. The van der Waals surface area contributed by atoms with Crippen molar-refractivity contribution in [2.45, 2.75) is 43.9 Å². The minimum Gasteiger partial charge on any atom is -0.254 e. The van der Waals surface area contributed by atoms with Gasteiger partial charge in [0.1, 0.15) is 0 Å². The molecule has 0 atom stereocenters. The third-order valence-electron chi connectivity index (χ3n) is 4.64. The van der Waals surface area contributed by atoms with Crippen LogP contribution < -0.4 is 9.44 Å². The topological polar surface area (TPSA) is 98.8 Å². The molecule has 0 unspecified atom stereocenters. The van der Waals surface area contributed by atoms with Crippen LogP contribution in [0.2, 0.25) is 0 Å². The van der Waals surface area contributed by atoms with E-state index in [9.17, 15) is 16.8 Å². The van der Waals surface area contributed by atoms with E-state index in [4.69, 9.17) is 24.4 Å². The van der Waals surface area contributed by atoms with Crippen LogP contribution >= 0.6 is 72.2 Å². The maximum atomic E-state index is 12.8. The molecule has 2 rings (SSSR count). The molecule has 16 heteroatoms. The number of thiocarbonyl (C=S) groups is 2. The summed E-state index contributed by atoms with van der Waals surface area (Å²) in [5.74, 6) is 3.04. The van der Waals surface area contributed by atoms with E-state index in [0.29, 0.717) is 6.42 Å². The molecule has 0 amide bonds. The number of rotatable bonds is 14. The smallest absolute Gasteiger partial charge is 0.254 e. The lowest BCUT2D eigenvalue weighted by Gasteiger charge is -2.21. The van der Waals surface area contributed by atoms with Crippen LogP contribution in [-0.2, 0) is 26.5 Å². The van der Waals surface area contributed by atoms with Gasteiger partial charge < -0.3 is 0 Å². The first kappa shape index (κ1) is 34.3. The summed E-state index contributed by atoms with van der Waals surface area (Å²) in [5.41, 5.74) is 1.75. The molecule has 0 bridgehead atoms. The zero-order valence-corrected chi connectivity index (χ0v) is 28.5. The van der Waals surface area contributed by atoms with E-state index in [1.165, 1.54) is 72.1 Å². The van der Waals surface area contributed by atoms with Gasteiger partial charge in [-0.15, -0.1) is 0 Å². The zero-order valence-electron chi connectivity index (χ0n) is 21.9. The Morgan fingerprint density at radius 3 is 1.15 bits per heavy atom. The third-order valence-corrected chi connectivity index (χ3v) is 12.6. The van der Waals surface area contributed by atoms with Gasteiger partial charge in [0.05, 0.1) is 9.79 Å². The largest absolute Gasteiger partial charge is 0.263 e. The van der Waals surface area contributed by atoms with Crippen LogP contribution in [0.3, 0.4) is 0 Å². The molecule has 0 saturated heterocycles. The van der Waals surface area contributed by atoms with Gasteiger partial charge in [-0.3, -0.25) is 9.44 Å². The van der Waals surface area contributed by atoms with E-state index in [-0.39, 0.29) is 20.0 Å². The summed E-state index contributed by atoms with van der Waals surface area (Å²) >= 11 is 16.3. The first-order valence-corrected chi connectivity index (χ1v) is 19.5. The van der Waals surface area contributed by atoms with E-state index in [1.807, 2.05) is 27.7 Å². The fourth-order valence-corrected chi connectivity index (χ4v) is 9.85. The van der Waals surface area contributed by atoms with Crippen LogP contribution in [0.1, 0.15) is 38.8 Å². The molecule has 0 spiro atoms. The quantitative estimate of drug-likeness (QED) is 0.189. The summed E-state index contributed by atoms with van der Waals surface area (Å²) in [4.78, 5) is 0.216. The van der Waals surface area contributed by atoms with Gasteiger partial charge in [-0.1, -0.05) is 52.0 Å². The Hall–Kier alpha value is -0.880. The minimum atomic E-state index is -3.83. The van der Waals surface area contributed by atoms with E-state index in [1.54, 1.807) is 31.7 Å². The van der Waals surface area contributed by atoms with Crippen molar-refractivity contribution in [1.29, 1.82) is 0 Å². The summed E-state index contributed by atoms with van der Waals surface area (Å²) in [6, 6.07) is 13.0. The first-order valence-electron chi connectivity index (χ1n) is 11.9. The molecule has 0 radical (unpaired) electrons. The van der Waals surface area contributed by atoms with Gasteiger partial charge in [0, 0.05) is 23.0 Å². The van der Waals surface area contributed by atoms with Crippen molar-refractivity contribution in [3.63, 3.8) is 0 Å². The molecule has 0 aromatic heterocycles. The predicted octanol–water partition coefficient (Wildman–Crippen LogP) is 5.68. The SMILES string of the molecule is CCSN(SCC)C(=S)NS(=O)(=O)c1ccc(Cc2ccc(S(=O)(=O)NC(=S)N(SCC)SCC)cc2)cc1. The molecular weight excluding hydrogens is 653 g/mol. The first-order chi connectivity index (χ1) is 18.5. The molecule has 2 aromatic carbocycles. The van der Waals surface area contributed by atoms with Gasteiger partial charge in [0.25, 0.3) is 20.0 Å². The second-order valence-corrected chi connectivity index (χ2v) is 16.9. The Labute approximate surface area is 260 Å². The number of nitrogens with zero attached hydrogens (tertiary/aromatic N) is 2. The Bertz CT molecular complexity index is 1190. The summed E-state index contributed by atoms with van der Waals surface area (Å²) < 4.78 is 59.6. The molecule has 2 N–H and O–H groups in total. The number of sulfonamides is 2. The van der Waals surface area contributed by atoms with Crippen molar-refractivity contribution < 1.29 is 16.8 Å². The Balaban J connectivity index is 2.06. The lowest BCUT2D eigenvalue weighted by atomic mass is 10.1. The highest BCUT2D eigenvalue weighted by Gasteiger charge is 2.21. The predicted molar refractivity (Wildman–Crippen MR) is 178 cm³/mol. The average molecular weight is 685 g/mol. The second kappa shape index (κ2) is 16.5. The highest BCUT2D eigenvalue weighted by atomic mass is 32.2. The fraction of sp³-hybridized carbons (Fsp3) is 0.391. The van der Waals surface area contributed by atoms with Crippen molar-refractivity contribution in [3.8, 4) is 0 Å². The number of hydrogen-bond donors (Lipinski definition) is 2. The van der Waals surface area contributed by atoms with E-state index in [2.05, 4.69) is 9.44 Å². The third kappa shape index (κ3) is 10.8. The lowest BCUT2D eigenvalue weighted by molar-refractivity contribution is 0.590. The normalized spacial score (nSPS) is 11.6. The minimum absolute atomic E-state index is 0.108. The molecule has 2 aromatic rings. The Morgan fingerprint density at radius 1 is 0.615 bits per heavy atom. The van der Waals surface area contributed by atoms with Crippen LogP contribution in [0, 0.1) is 0 Å². The number of benzene rings is 2. The van der Waals surface area contributed by atoms with Gasteiger partial charge in [0.2, 0.25) is 10.2 Å². The summed E-state index contributed by atoms with van der Waals surface area (Å²) in [5, 5.41) is 0.257. The van der Waals surface area contributed by atoms with Crippen LogP contribution in [0.25, 0.3) is 0 Å². The maximum absolute atomic E-state index is 12.8. The van der Waals surface area contributed by atoms with Gasteiger partial charge in [-0.05, 0) is 114 Å². The van der Waals surface area contributed by atoms with Crippen molar-refractivity contribution in [2.75, 3.05) is 23.0 Å². The van der Waals surface area contributed by atoms with Crippen LogP contribution in [0.4, 0.5) is 0 Å². The van der Waals surface area contributed by atoms with E-state index in [0.717, 1.165) is 34.1 Å². The molecule has 0 heterocycles. The molecule has 0 fully saturated rings. The lowest BCUT2D eigenvalue weighted by Crippen LogP contribution is -2.36. The van der Waals surface area contributed by atoms with Gasteiger partial charge in [-0.2, -0.15) is 0 Å². The van der Waals surface area contributed by atoms with Crippen molar-refractivity contribution in [3.05, 3.63) is 59.7 Å². The molecule has 216 valence electrons. The molecule has 0 aliphatic heterocycles. The van der Waals surface area contributed by atoms with Crippen molar-refractivity contribution in [2.24, 2.45) is 0 Å². The molecule has 0 aliphatic carbocycles. The van der Waals surface area contributed by atoms with Crippen LogP contribution in [0.5, 0.6) is 0 Å². The molecule has 8 nitrogen and oxygen atoms in total. The molecule has 0 saturated carbocycles. The van der Waals surface area contributed by atoms with Crippen LogP contribution in [0.15, 0.2) is 58.3 Å². The van der Waals surface area contributed by atoms with E-state index >= 15 is 0 Å². The van der Waals surface area contributed by atoms with Crippen molar-refractivity contribution >= 4 is 102 Å². The highest BCUT2D eigenvalue weighted by Crippen LogP contribution is 2.24.